The highest BCUT2D eigenvalue weighted by Gasteiger charge is 2.35. The summed E-state index contributed by atoms with van der Waals surface area (Å²) in [5.74, 6) is 0.592. The molecule has 1 aliphatic rings. The lowest BCUT2D eigenvalue weighted by molar-refractivity contribution is 0.243. The third-order valence-corrected chi connectivity index (χ3v) is 5.70. The van der Waals surface area contributed by atoms with Gasteiger partial charge in [-0.05, 0) is 19.4 Å². The van der Waals surface area contributed by atoms with Crippen LogP contribution in [0.25, 0.3) is 0 Å². The molecule has 1 saturated heterocycles. The lowest BCUT2D eigenvalue weighted by Crippen LogP contribution is -2.31. The van der Waals surface area contributed by atoms with Gasteiger partial charge < -0.3 is 9.30 Å². The molecule has 0 radical (unpaired) electrons. The molecule has 1 atom stereocenters. The smallest absolute Gasteiger partial charge is 0.277 e. The van der Waals surface area contributed by atoms with E-state index in [0.29, 0.717) is 25.6 Å². The van der Waals surface area contributed by atoms with Crippen LogP contribution in [-0.4, -0.2) is 52.2 Å². The van der Waals surface area contributed by atoms with E-state index in [1.54, 1.807) is 19.3 Å². The van der Waals surface area contributed by atoms with Crippen LogP contribution in [0, 0.1) is 12.8 Å². The average molecular weight is 337 g/mol. The summed E-state index contributed by atoms with van der Waals surface area (Å²) in [4.78, 5) is 3.94. The molecule has 1 unspecified atom stereocenters. The van der Waals surface area contributed by atoms with E-state index in [4.69, 9.17) is 4.74 Å². The maximum atomic E-state index is 12.6. The first-order valence-corrected chi connectivity index (χ1v) is 8.81. The van der Waals surface area contributed by atoms with E-state index in [0.717, 1.165) is 12.1 Å². The highest BCUT2D eigenvalue weighted by molar-refractivity contribution is 7.89. The molecule has 1 aliphatic heterocycles. The number of hydrogen-bond donors (Lipinski definition) is 0. The monoisotopic (exact) mass is 337 g/mol. The minimum absolute atomic E-state index is 0.0727. The second kappa shape index (κ2) is 6.25. The van der Waals surface area contributed by atoms with Gasteiger partial charge in [0.05, 0.1) is 12.3 Å². The molecule has 2 aromatic heterocycles. The van der Waals surface area contributed by atoms with Crippen molar-refractivity contribution in [2.24, 2.45) is 13.0 Å². The average Bonchev–Trinajstić information content (AvgIpc) is 3.16. The summed E-state index contributed by atoms with van der Waals surface area (Å²) in [5.41, 5.74) is 0.825. The van der Waals surface area contributed by atoms with Crippen molar-refractivity contribution in [3.63, 3.8) is 0 Å². The summed E-state index contributed by atoms with van der Waals surface area (Å²) in [6, 6.07) is 3.59. The summed E-state index contributed by atoms with van der Waals surface area (Å²) in [6.45, 7) is 3.18. The van der Waals surface area contributed by atoms with Gasteiger partial charge in [-0.25, -0.2) is 13.4 Å². The van der Waals surface area contributed by atoms with Crippen LogP contribution in [0.15, 0.2) is 29.7 Å². The third kappa shape index (κ3) is 3.35. The second-order valence-corrected chi connectivity index (χ2v) is 7.49. The standard InChI is InChI=1S/C14H19N5O3S/c1-11-3-4-13(17-16-11)22-10-12-5-7-19(9-12)23(20,21)14-15-6-8-18(14)2/h3-4,6,8,12H,5,7,9-10H2,1-2H3. The van der Waals surface area contributed by atoms with E-state index in [-0.39, 0.29) is 11.1 Å². The largest absolute Gasteiger partial charge is 0.476 e. The van der Waals surface area contributed by atoms with E-state index in [1.165, 1.54) is 15.1 Å². The van der Waals surface area contributed by atoms with Gasteiger partial charge in [-0.1, -0.05) is 0 Å². The van der Waals surface area contributed by atoms with Crippen LogP contribution in [0.2, 0.25) is 0 Å². The molecule has 8 nitrogen and oxygen atoms in total. The predicted octanol–water partition coefficient (Wildman–Crippen LogP) is 0.608. The van der Waals surface area contributed by atoms with Crippen molar-refractivity contribution >= 4 is 10.0 Å². The first-order chi connectivity index (χ1) is 11.0. The summed E-state index contributed by atoms with van der Waals surface area (Å²) >= 11 is 0. The van der Waals surface area contributed by atoms with Gasteiger partial charge in [-0.3, -0.25) is 0 Å². The fourth-order valence-corrected chi connectivity index (χ4v) is 4.14. The predicted molar refractivity (Wildman–Crippen MR) is 82.3 cm³/mol. The Morgan fingerprint density at radius 2 is 2.17 bits per heavy atom. The van der Waals surface area contributed by atoms with Crippen LogP contribution in [0.5, 0.6) is 5.88 Å². The zero-order valence-electron chi connectivity index (χ0n) is 13.1. The van der Waals surface area contributed by atoms with Crippen molar-refractivity contribution in [1.82, 2.24) is 24.1 Å². The third-order valence-electron chi connectivity index (χ3n) is 3.84. The Morgan fingerprint density at radius 3 is 2.83 bits per heavy atom. The molecule has 124 valence electrons. The molecule has 2 aromatic rings. The highest BCUT2D eigenvalue weighted by Crippen LogP contribution is 2.23. The van der Waals surface area contributed by atoms with Gasteiger partial charge in [0.15, 0.2) is 0 Å². The van der Waals surface area contributed by atoms with Crippen molar-refractivity contribution in [1.29, 1.82) is 0 Å². The van der Waals surface area contributed by atoms with Crippen LogP contribution in [0.4, 0.5) is 0 Å². The number of sulfonamides is 1. The van der Waals surface area contributed by atoms with E-state index < -0.39 is 10.0 Å². The minimum Gasteiger partial charge on any atom is -0.476 e. The number of aromatic nitrogens is 4. The zero-order chi connectivity index (χ0) is 16.4. The quantitative estimate of drug-likeness (QED) is 0.794. The van der Waals surface area contributed by atoms with Gasteiger partial charge in [0, 0.05) is 44.5 Å². The molecule has 9 heteroatoms. The Hall–Kier alpha value is -2.00. The maximum absolute atomic E-state index is 12.6. The molecular formula is C14H19N5O3S. The minimum atomic E-state index is -3.55. The van der Waals surface area contributed by atoms with Crippen LogP contribution in [0.1, 0.15) is 12.1 Å². The molecule has 0 aromatic carbocycles. The van der Waals surface area contributed by atoms with Crippen molar-refractivity contribution in [2.75, 3.05) is 19.7 Å². The Morgan fingerprint density at radius 1 is 1.35 bits per heavy atom. The van der Waals surface area contributed by atoms with E-state index >= 15 is 0 Å². The van der Waals surface area contributed by atoms with Crippen LogP contribution < -0.4 is 4.74 Å². The van der Waals surface area contributed by atoms with Gasteiger partial charge in [0.25, 0.3) is 10.0 Å². The van der Waals surface area contributed by atoms with Gasteiger partial charge in [0.1, 0.15) is 0 Å². The number of ether oxygens (including phenoxy) is 1. The molecule has 0 spiro atoms. The molecule has 1 fully saturated rings. The molecule has 0 N–H and O–H groups in total. The normalized spacial score (nSPS) is 19.1. The fourth-order valence-electron chi connectivity index (χ4n) is 2.53. The lowest BCUT2D eigenvalue weighted by atomic mass is 10.1. The second-order valence-electron chi connectivity index (χ2n) is 5.66. The first-order valence-electron chi connectivity index (χ1n) is 7.37. The van der Waals surface area contributed by atoms with Gasteiger partial charge in [-0.15, -0.1) is 5.10 Å². The number of nitrogens with zero attached hydrogens (tertiary/aromatic N) is 5. The molecule has 23 heavy (non-hydrogen) atoms. The van der Waals surface area contributed by atoms with Crippen LogP contribution >= 0.6 is 0 Å². The van der Waals surface area contributed by atoms with Gasteiger partial charge >= 0.3 is 0 Å². The highest BCUT2D eigenvalue weighted by atomic mass is 32.2. The Bertz CT molecular complexity index is 772. The van der Waals surface area contributed by atoms with Gasteiger partial charge in [-0.2, -0.15) is 9.40 Å². The fraction of sp³-hybridized carbons (Fsp3) is 0.500. The van der Waals surface area contributed by atoms with Crippen molar-refractivity contribution in [2.45, 2.75) is 18.5 Å². The van der Waals surface area contributed by atoms with Crippen molar-refractivity contribution in [3.05, 3.63) is 30.2 Å². The van der Waals surface area contributed by atoms with Crippen molar-refractivity contribution in [3.8, 4) is 5.88 Å². The molecule has 3 heterocycles. The topological polar surface area (TPSA) is 90.2 Å². The molecule has 0 bridgehead atoms. The molecule has 0 aliphatic carbocycles. The summed E-state index contributed by atoms with van der Waals surface area (Å²) in [6.07, 6.45) is 3.86. The van der Waals surface area contributed by atoms with Crippen LogP contribution in [0.3, 0.4) is 0 Å². The Balaban J connectivity index is 1.60. The lowest BCUT2D eigenvalue weighted by Gasteiger charge is -2.16. The van der Waals surface area contributed by atoms with Crippen molar-refractivity contribution < 1.29 is 13.2 Å². The number of imidazole rings is 1. The molecule has 0 amide bonds. The SMILES string of the molecule is Cc1ccc(OCC2CCN(S(=O)(=O)c3nccn3C)C2)nn1. The summed E-state index contributed by atoms with van der Waals surface area (Å²) < 4.78 is 33.7. The van der Waals surface area contributed by atoms with Gasteiger partial charge in [0.2, 0.25) is 11.0 Å². The van der Waals surface area contributed by atoms with E-state index in [1.807, 2.05) is 13.0 Å². The Labute approximate surface area is 135 Å². The number of rotatable bonds is 5. The molecular weight excluding hydrogens is 318 g/mol. The number of aryl methyl sites for hydroxylation is 2. The summed E-state index contributed by atoms with van der Waals surface area (Å²) in [7, 11) is -1.87. The zero-order valence-corrected chi connectivity index (χ0v) is 13.9. The van der Waals surface area contributed by atoms with Crippen LogP contribution in [-0.2, 0) is 17.1 Å². The summed E-state index contributed by atoms with van der Waals surface area (Å²) in [5, 5.41) is 7.94. The van der Waals surface area contributed by atoms with E-state index in [2.05, 4.69) is 15.2 Å². The maximum Gasteiger partial charge on any atom is 0.277 e. The first kappa shape index (κ1) is 15.9. The van der Waals surface area contributed by atoms with E-state index in [9.17, 15) is 8.42 Å². The Kier molecular flexibility index (Phi) is 4.31. The number of hydrogen-bond acceptors (Lipinski definition) is 6. The molecule has 3 rings (SSSR count). The molecule has 0 saturated carbocycles.